The summed E-state index contributed by atoms with van der Waals surface area (Å²) < 4.78 is 5.41. The molecule has 0 bridgehead atoms. The fourth-order valence-electron chi connectivity index (χ4n) is 6.41. The first-order valence-electron chi connectivity index (χ1n) is 13.4. The van der Waals surface area contributed by atoms with Crippen molar-refractivity contribution >= 4 is 35.1 Å². The number of halogens is 2. The average molecular weight is 562 g/mol. The zero-order chi connectivity index (χ0) is 27.7. The second-order valence-electron chi connectivity index (χ2n) is 11.5. The highest BCUT2D eigenvalue weighted by atomic mass is 35.5. The average Bonchev–Trinajstić information content (AvgIpc) is 2.84. The summed E-state index contributed by atoms with van der Waals surface area (Å²) in [7, 11) is 2.04. The molecule has 1 saturated heterocycles. The van der Waals surface area contributed by atoms with Crippen LogP contribution >= 0.6 is 23.2 Å². The van der Waals surface area contributed by atoms with Gasteiger partial charge in [0.1, 0.15) is 5.75 Å². The van der Waals surface area contributed by atoms with Crippen LogP contribution in [0.25, 0.3) is 0 Å². The number of nitrogens with zero attached hydrogens (tertiary/aromatic N) is 2. The van der Waals surface area contributed by atoms with E-state index in [-0.39, 0.29) is 30.3 Å². The van der Waals surface area contributed by atoms with Gasteiger partial charge in [-0.1, -0.05) is 55.2 Å². The second-order valence-corrected chi connectivity index (χ2v) is 12.3. The van der Waals surface area contributed by atoms with E-state index in [1.807, 2.05) is 36.2 Å². The highest BCUT2D eigenvalue weighted by molar-refractivity contribution is 6.42. The lowest BCUT2D eigenvalue weighted by Crippen LogP contribution is -2.67. The fraction of sp³-hybridized carbons (Fsp3) is 0.533. The number of piperidine rings is 1. The van der Waals surface area contributed by atoms with Gasteiger partial charge in [0, 0.05) is 31.5 Å². The summed E-state index contributed by atoms with van der Waals surface area (Å²) in [5.74, 6) is 0.428. The van der Waals surface area contributed by atoms with Crippen LogP contribution in [-0.2, 0) is 21.4 Å². The van der Waals surface area contributed by atoms with Crippen LogP contribution in [-0.4, -0.2) is 65.1 Å². The Labute approximate surface area is 235 Å². The number of benzene rings is 2. The molecule has 3 unspecified atom stereocenters. The van der Waals surface area contributed by atoms with Crippen molar-refractivity contribution in [2.75, 3.05) is 26.7 Å². The molecule has 1 aliphatic carbocycles. The SMILES string of the molecule is CC(=O)Oc1cccc(C23CCN(C)CC2(O)CCC(N(CC(C)C)C(=O)Cc2ccc(Cl)c(Cl)c2)C3)c1. The number of aliphatic hydroxyl groups is 1. The van der Waals surface area contributed by atoms with Crippen molar-refractivity contribution in [2.24, 2.45) is 5.92 Å². The summed E-state index contributed by atoms with van der Waals surface area (Å²) in [6.07, 6.45) is 2.92. The van der Waals surface area contributed by atoms with E-state index >= 15 is 0 Å². The van der Waals surface area contributed by atoms with Crippen molar-refractivity contribution in [2.45, 2.75) is 69.9 Å². The van der Waals surface area contributed by atoms with E-state index in [1.165, 1.54) is 6.92 Å². The third-order valence-electron chi connectivity index (χ3n) is 8.13. The lowest BCUT2D eigenvalue weighted by Gasteiger charge is -2.59. The van der Waals surface area contributed by atoms with E-state index in [1.54, 1.807) is 18.2 Å². The Balaban J connectivity index is 1.69. The standard InChI is InChI=1S/C30H38Cl2N2O4/c1-20(2)18-34(28(36)15-22-8-9-26(31)27(32)14-22)24-10-11-30(37)19-33(4)13-12-29(30,17-24)23-6-5-7-25(16-23)38-21(3)35/h5-9,14,16,20,24,37H,10-13,15,17-19H2,1-4H3. The molecule has 1 amide bonds. The molecule has 1 saturated carbocycles. The van der Waals surface area contributed by atoms with Crippen molar-refractivity contribution in [3.05, 3.63) is 63.6 Å². The maximum absolute atomic E-state index is 13.8. The maximum Gasteiger partial charge on any atom is 0.308 e. The van der Waals surface area contributed by atoms with E-state index in [0.717, 1.165) is 30.5 Å². The minimum atomic E-state index is -0.957. The topological polar surface area (TPSA) is 70.1 Å². The largest absolute Gasteiger partial charge is 0.427 e. The molecule has 0 radical (unpaired) electrons. The summed E-state index contributed by atoms with van der Waals surface area (Å²) in [5, 5.41) is 13.1. The second kappa shape index (κ2) is 11.5. The molecule has 1 aliphatic heterocycles. The van der Waals surface area contributed by atoms with E-state index in [0.29, 0.717) is 41.7 Å². The summed E-state index contributed by atoms with van der Waals surface area (Å²) in [6, 6.07) is 12.9. The third-order valence-corrected chi connectivity index (χ3v) is 8.87. The van der Waals surface area contributed by atoms with E-state index in [4.69, 9.17) is 27.9 Å². The smallest absolute Gasteiger partial charge is 0.308 e. The minimum Gasteiger partial charge on any atom is -0.427 e. The fourth-order valence-corrected chi connectivity index (χ4v) is 6.73. The molecule has 2 aromatic carbocycles. The Morgan fingerprint density at radius 2 is 1.92 bits per heavy atom. The highest BCUT2D eigenvalue weighted by Gasteiger charge is 2.58. The van der Waals surface area contributed by atoms with Gasteiger partial charge in [-0.3, -0.25) is 9.59 Å². The molecule has 2 fully saturated rings. The number of carbonyl (C=O) groups excluding carboxylic acids is 2. The number of likely N-dealkylation sites (N-methyl/N-ethyl adjacent to an activating group) is 1. The third kappa shape index (κ3) is 6.04. The molecular formula is C30H38Cl2N2O4. The molecule has 2 aliphatic rings. The van der Waals surface area contributed by atoms with Crippen LogP contribution in [0.15, 0.2) is 42.5 Å². The number of hydrogen-bond donors (Lipinski definition) is 1. The Morgan fingerprint density at radius 3 is 2.61 bits per heavy atom. The summed E-state index contributed by atoms with van der Waals surface area (Å²) >= 11 is 12.3. The van der Waals surface area contributed by atoms with Crippen molar-refractivity contribution in [1.29, 1.82) is 0 Å². The molecule has 3 atom stereocenters. The molecule has 8 heteroatoms. The molecule has 4 rings (SSSR count). The van der Waals surface area contributed by atoms with Gasteiger partial charge in [0.15, 0.2) is 0 Å². The predicted molar refractivity (Wildman–Crippen MR) is 151 cm³/mol. The quantitative estimate of drug-likeness (QED) is 0.357. The van der Waals surface area contributed by atoms with Gasteiger partial charge in [-0.25, -0.2) is 0 Å². The maximum atomic E-state index is 13.8. The van der Waals surface area contributed by atoms with Crippen LogP contribution in [0.3, 0.4) is 0 Å². The Kier molecular flexibility index (Phi) is 8.78. The normalized spacial score (nSPS) is 25.6. The van der Waals surface area contributed by atoms with Gasteiger partial charge in [-0.2, -0.15) is 0 Å². The lowest BCUT2D eigenvalue weighted by atomic mass is 9.55. The van der Waals surface area contributed by atoms with Crippen LogP contribution in [0.1, 0.15) is 57.6 Å². The van der Waals surface area contributed by atoms with Gasteiger partial charge < -0.3 is 19.6 Å². The molecular weight excluding hydrogens is 523 g/mol. The number of amides is 1. The molecule has 2 aromatic rings. The number of esters is 1. The Bertz CT molecular complexity index is 1190. The Hall–Kier alpha value is -2.12. The van der Waals surface area contributed by atoms with E-state index in [2.05, 4.69) is 18.7 Å². The lowest BCUT2D eigenvalue weighted by molar-refractivity contribution is -0.148. The van der Waals surface area contributed by atoms with Gasteiger partial charge in [-0.05, 0) is 80.6 Å². The van der Waals surface area contributed by atoms with Crippen LogP contribution in [0.5, 0.6) is 5.75 Å². The molecule has 38 heavy (non-hydrogen) atoms. The molecule has 0 aromatic heterocycles. The van der Waals surface area contributed by atoms with Gasteiger partial charge >= 0.3 is 5.97 Å². The van der Waals surface area contributed by atoms with Crippen LogP contribution in [0.2, 0.25) is 10.0 Å². The molecule has 6 nitrogen and oxygen atoms in total. The molecule has 206 valence electrons. The van der Waals surface area contributed by atoms with Crippen LogP contribution in [0.4, 0.5) is 0 Å². The predicted octanol–water partition coefficient (Wildman–Crippen LogP) is 5.50. The number of ether oxygens (including phenoxy) is 1. The van der Waals surface area contributed by atoms with Crippen molar-refractivity contribution in [1.82, 2.24) is 9.80 Å². The minimum absolute atomic E-state index is 0.0336. The van der Waals surface area contributed by atoms with Crippen molar-refractivity contribution < 1.29 is 19.4 Å². The van der Waals surface area contributed by atoms with E-state index < -0.39 is 11.0 Å². The molecule has 0 spiro atoms. The van der Waals surface area contributed by atoms with Crippen molar-refractivity contribution in [3.63, 3.8) is 0 Å². The molecule has 1 heterocycles. The number of rotatable bonds is 7. The van der Waals surface area contributed by atoms with Gasteiger partial charge in [-0.15, -0.1) is 0 Å². The molecule has 1 N–H and O–H groups in total. The highest BCUT2D eigenvalue weighted by Crippen LogP contribution is 2.53. The summed E-state index contributed by atoms with van der Waals surface area (Å²) in [5.41, 5.74) is 0.255. The Morgan fingerprint density at radius 1 is 1.16 bits per heavy atom. The van der Waals surface area contributed by atoms with Crippen LogP contribution in [0, 0.1) is 5.92 Å². The van der Waals surface area contributed by atoms with Crippen molar-refractivity contribution in [3.8, 4) is 5.75 Å². The first kappa shape index (κ1) is 28.9. The zero-order valence-electron chi connectivity index (χ0n) is 22.7. The van der Waals surface area contributed by atoms with E-state index in [9.17, 15) is 14.7 Å². The first-order valence-corrected chi connectivity index (χ1v) is 14.1. The van der Waals surface area contributed by atoms with Gasteiger partial charge in [0.25, 0.3) is 0 Å². The van der Waals surface area contributed by atoms with Gasteiger partial charge in [0.05, 0.1) is 22.1 Å². The number of β-amino-alcohol motifs (C(OH)–C–C–N with tert-alkyl or cyclic N) is 1. The number of hydrogen-bond acceptors (Lipinski definition) is 5. The summed E-state index contributed by atoms with van der Waals surface area (Å²) in [4.78, 5) is 29.6. The van der Waals surface area contributed by atoms with Gasteiger partial charge in [0.2, 0.25) is 5.91 Å². The number of likely N-dealkylation sites (tertiary alicyclic amines) is 1. The number of carbonyl (C=O) groups is 2. The monoisotopic (exact) mass is 560 g/mol. The summed E-state index contributed by atoms with van der Waals surface area (Å²) in [6.45, 7) is 7.63. The first-order chi connectivity index (χ1) is 17.9. The zero-order valence-corrected chi connectivity index (χ0v) is 24.2. The van der Waals surface area contributed by atoms with Crippen LogP contribution < -0.4 is 4.74 Å². The number of fused-ring (bicyclic) bond motifs is 1.